The van der Waals surface area contributed by atoms with Gasteiger partial charge in [-0.3, -0.25) is 20.4 Å². The quantitative estimate of drug-likeness (QED) is 0.817. The highest BCUT2D eigenvalue weighted by Crippen LogP contribution is 2.22. The first-order chi connectivity index (χ1) is 10.2. The number of carbonyl (C=O) groups excluding carboxylic acids is 2. The molecule has 2 aliphatic rings. The number of ether oxygens (including phenoxy) is 1. The Bertz CT molecular complexity index is 550. The number of hydrazine groups is 1. The number of nitrogens with one attached hydrogen (secondary N) is 2. The molecule has 1 aliphatic heterocycles. The van der Waals surface area contributed by atoms with Crippen molar-refractivity contribution < 1.29 is 14.3 Å². The van der Waals surface area contributed by atoms with Crippen LogP contribution in [-0.2, 0) is 33.6 Å². The summed E-state index contributed by atoms with van der Waals surface area (Å²) in [6.45, 7) is 0.612. The van der Waals surface area contributed by atoms with E-state index in [0.29, 0.717) is 13.0 Å². The summed E-state index contributed by atoms with van der Waals surface area (Å²) < 4.78 is 5.25. The highest BCUT2D eigenvalue weighted by Gasteiger charge is 2.23. The van der Waals surface area contributed by atoms with Crippen molar-refractivity contribution in [1.82, 2.24) is 10.9 Å². The number of amides is 2. The number of fused-ring (bicyclic) bond motifs is 1. The van der Waals surface area contributed by atoms with Crippen molar-refractivity contribution in [2.45, 2.75) is 44.6 Å². The van der Waals surface area contributed by atoms with Gasteiger partial charge in [0.05, 0.1) is 6.42 Å². The molecular formula is C16H20N2O3. The molecule has 1 aliphatic carbocycles. The third-order valence-electron chi connectivity index (χ3n) is 4.07. The van der Waals surface area contributed by atoms with Gasteiger partial charge in [-0.15, -0.1) is 0 Å². The van der Waals surface area contributed by atoms with Crippen molar-refractivity contribution in [3.05, 3.63) is 34.9 Å². The summed E-state index contributed by atoms with van der Waals surface area (Å²) in [4.78, 5) is 23.6. The molecule has 21 heavy (non-hydrogen) atoms. The molecule has 0 aromatic heterocycles. The molecular weight excluding hydrogens is 268 g/mol. The Morgan fingerprint density at radius 3 is 2.81 bits per heavy atom. The average Bonchev–Trinajstić information content (AvgIpc) is 3.15. The van der Waals surface area contributed by atoms with Gasteiger partial charge >= 0.3 is 0 Å². The van der Waals surface area contributed by atoms with Gasteiger partial charge in [0.25, 0.3) is 5.91 Å². The van der Waals surface area contributed by atoms with Crippen LogP contribution in [0.5, 0.6) is 0 Å². The third-order valence-corrected chi connectivity index (χ3v) is 4.07. The summed E-state index contributed by atoms with van der Waals surface area (Å²) in [5.41, 5.74) is 8.62. The number of aryl methyl sites for hydroxylation is 2. The zero-order chi connectivity index (χ0) is 14.7. The molecule has 1 atom stereocenters. The van der Waals surface area contributed by atoms with E-state index >= 15 is 0 Å². The number of rotatable bonds is 3. The summed E-state index contributed by atoms with van der Waals surface area (Å²) in [6.07, 6.45) is 4.89. The van der Waals surface area contributed by atoms with Crippen molar-refractivity contribution in [3.8, 4) is 0 Å². The lowest BCUT2D eigenvalue weighted by molar-refractivity contribution is -0.134. The van der Waals surface area contributed by atoms with Gasteiger partial charge in [-0.05, 0) is 48.8 Å². The van der Waals surface area contributed by atoms with Crippen molar-refractivity contribution >= 4 is 11.8 Å². The maximum absolute atomic E-state index is 11.9. The maximum atomic E-state index is 11.9. The van der Waals surface area contributed by atoms with E-state index in [4.69, 9.17) is 4.74 Å². The topological polar surface area (TPSA) is 67.4 Å². The summed E-state index contributed by atoms with van der Waals surface area (Å²) in [5, 5.41) is 0. The lowest BCUT2D eigenvalue weighted by atomic mass is 10.0. The Balaban J connectivity index is 1.48. The summed E-state index contributed by atoms with van der Waals surface area (Å²) in [5.74, 6) is -0.478. The Labute approximate surface area is 124 Å². The van der Waals surface area contributed by atoms with E-state index in [0.717, 1.165) is 24.8 Å². The van der Waals surface area contributed by atoms with Gasteiger partial charge in [0.2, 0.25) is 5.91 Å². The van der Waals surface area contributed by atoms with Crippen LogP contribution < -0.4 is 10.9 Å². The molecule has 1 heterocycles. The first-order valence-corrected chi connectivity index (χ1v) is 7.53. The zero-order valence-corrected chi connectivity index (χ0v) is 12.0. The minimum absolute atomic E-state index is 0.209. The Hall–Kier alpha value is -1.88. The zero-order valence-electron chi connectivity index (χ0n) is 12.0. The molecule has 0 saturated carbocycles. The Kier molecular flexibility index (Phi) is 4.20. The molecule has 2 N–H and O–H groups in total. The van der Waals surface area contributed by atoms with Crippen molar-refractivity contribution in [2.75, 3.05) is 6.61 Å². The highest BCUT2D eigenvalue weighted by atomic mass is 16.5. The van der Waals surface area contributed by atoms with Crippen molar-refractivity contribution in [2.24, 2.45) is 0 Å². The molecule has 3 rings (SSSR count). The van der Waals surface area contributed by atoms with Crippen LogP contribution in [0, 0.1) is 0 Å². The van der Waals surface area contributed by atoms with Gasteiger partial charge in [0.15, 0.2) is 0 Å². The fourth-order valence-corrected chi connectivity index (χ4v) is 2.96. The van der Waals surface area contributed by atoms with Gasteiger partial charge in [0.1, 0.15) is 6.10 Å². The lowest BCUT2D eigenvalue weighted by Crippen LogP contribution is -2.46. The monoisotopic (exact) mass is 288 g/mol. The summed E-state index contributed by atoms with van der Waals surface area (Å²) in [6, 6.07) is 6.20. The second-order valence-corrected chi connectivity index (χ2v) is 5.67. The van der Waals surface area contributed by atoms with E-state index in [9.17, 15) is 9.59 Å². The highest BCUT2D eigenvalue weighted by molar-refractivity contribution is 5.85. The average molecular weight is 288 g/mol. The first kappa shape index (κ1) is 14.1. The van der Waals surface area contributed by atoms with Gasteiger partial charge in [0, 0.05) is 6.61 Å². The van der Waals surface area contributed by atoms with Crippen LogP contribution in [0.3, 0.4) is 0 Å². The normalized spacial score (nSPS) is 20.1. The van der Waals surface area contributed by atoms with Crippen LogP contribution in [-0.4, -0.2) is 24.5 Å². The van der Waals surface area contributed by atoms with Crippen molar-refractivity contribution in [3.63, 3.8) is 0 Å². The van der Waals surface area contributed by atoms with Crippen LogP contribution in [0.15, 0.2) is 18.2 Å². The molecule has 1 fully saturated rings. The predicted octanol–water partition coefficient (Wildman–Crippen LogP) is 1.04. The standard InChI is InChI=1S/C16H20N2O3/c19-15(17-18-16(20)14-5-2-8-21-14)10-11-6-7-12-3-1-4-13(12)9-11/h6-7,9,14H,1-5,8,10H2,(H,17,19)(H,18,20)/t14-/m1/s1. The first-order valence-electron chi connectivity index (χ1n) is 7.53. The molecule has 0 spiro atoms. The molecule has 112 valence electrons. The number of carbonyl (C=O) groups is 2. The number of hydrogen-bond donors (Lipinski definition) is 2. The second-order valence-electron chi connectivity index (χ2n) is 5.67. The molecule has 0 bridgehead atoms. The molecule has 5 heteroatoms. The third kappa shape index (κ3) is 3.42. The van der Waals surface area contributed by atoms with E-state index in [1.54, 1.807) is 0 Å². The fraction of sp³-hybridized carbons (Fsp3) is 0.500. The fourth-order valence-electron chi connectivity index (χ4n) is 2.96. The molecule has 5 nitrogen and oxygen atoms in total. The Morgan fingerprint density at radius 2 is 2.00 bits per heavy atom. The smallest absolute Gasteiger partial charge is 0.267 e. The van der Waals surface area contributed by atoms with E-state index in [-0.39, 0.29) is 18.2 Å². The van der Waals surface area contributed by atoms with Gasteiger partial charge in [-0.25, -0.2) is 0 Å². The van der Waals surface area contributed by atoms with E-state index in [1.165, 1.54) is 17.5 Å². The molecule has 0 radical (unpaired) electrons. The largest absolute Gasteiger partial charge is 0.368 e. The van der Waals surface area contributed by atoms with Crippen LogP contribution in [0.2, 0.25) is 0 Å². The molecule has 0 unspecified atom stereocenters. The number of benzene rings is 1. The minimum Gasteiger partial charge on any atom is -0.368 e. The Morgan fingerprint density at radius 1 is 1.14 bits per heavy atom. The second kappa shape index (κ2) is 6.26. The maximum Gasteiger partial charge on any atom is 0.267 e. The van der Waals surface area contributed by atoms with Gasteiger partial charge < -0.3 is 4.74 Å². The van der Waals surface area contributed by atoms with Crippen LogP contribution in [0.1, 0.15) is 36.0 Å². The molecule has 1 aromatic rings. The van der Waals surface area contributed by atoms with Crippen molar-refractivity contribution in [1.29, 1.82) is 0 Å². The van der Waals surface area contributed by atoms with Crippen LogP contribution in [0.25, 0.3) is 0 Å². The number of hydrogen-bond acceptors (Lipinski definition) is 3. The molecule has 2 amide bonds. The van der Waals surface area contributed by atoms with Crippen LogP contribution >= 0.6 is 0 Å². The minimum atomic E-state index is -0.426. The van der Waals surface area contributed by atoms with E-state index < -0.39 is 6.10 Å². The SMILES string of the molecule is O=C(Cc1ccc2c(c1)CCC2)NNC(=O)[C@H]1CCCO1. The predicted molar refractivity (Wildman–Crippen MR) is 77.4 cm³/mol. The van der Waals surface area contributed by atoms with Gasteiger partial charge in [-0.2, -0.15) is 0 Å². The van der Waals surface area contributed by atoms with E-state index in [2.05, 4.69) is 23.0 Å². The van der Waals surface area contributed by atoms with E-state index in [1.807, 2.05) is 6.07 Å². The summed E-state index contributed by atoms with van der Waals surface area (Å²) >= 11 is 0. The van der Waals surface area contributed by atoms with Crippen LogP contribution in [0.4, 0.5) is 0 Å². The molecule has 1 aromatic carbocycles. The lowest BCUT2D eigenvalue weighted by Gasteiger charge is -2.11. The van der Waals surface area contributed by atoms with Gasteiger partial charge in [-0.1, -0.05) is 18.2 Å². The molecule has 1 saturated heterocycles. The summed E-state index contributed by atoms with van der Waals surface area (Å²) in [7, 11) is 0.